The number of aromatic nitrogens is 2. The number of carbonyl (C=O) groups excluding carboxylic acids is 1. The Morgan fingerprint density at radius 1 is 1.30 bits per heavy atom. The lowest BCUT2D eigenvalue weighted by Gasteiger charge is -2.34. The van der Waals surface area contributed by atoms with Gasteiger partial charge in [-0.3, -0.25) is 14.4 Å². The summed E-state index contributed by atoms with van der Waals surface area (Å²) in [5, 5.41) is 13.4. The number of rotatable bonds is 5. The number of hydrogen-bond acceptors (Lipinski definition) is 4. The van der Waals surface area contributed by atoms with E-state index in [1.807, 2.05) is 0 Å². The molecule has 7 nitrogen and oxygen atoms in total. The second kappa shape index (κ2) is 8.06. The molecule has 1 aliphatic heterocycles. The molecule has 0 aliphatic carbocycles. The van der Waals surface area contributed by atoms with Crippen molar-refractivity contribution < 1.29 is 19.1 Å². The fraction of sp³-hybridized carbons (Fsp3) is 0.389. The lowest BCUT2D eigenvalue weighted by molar-refractivity contribution is -0.140. The number of amides is 1. The molecule has 1 atom stereocenters. The Morgan fingerprint density at radius 2 is 2.00 bits per heavy atom. The van der Waals surface area contributed by atoms with Gasteiger partial charge in [0.1, 0.15) is 11.9 Å². The predicted molar refractivity (Wildman–Crippen MR) is 97.2 cm³/mol. The molecule has 144 valence electrons. The summed E-state index contributed by atoms with van der Waals surface area (Å²) in [6.45, 7) is 4.50. The fourth-order valence-electron chi connectivity index (χ4n) is 2.96. The third kappa shape index (κ3) is 4.45. The number of piperazine rings is 1. The molecule has 27 heavy (non-hydrogen) atoms. The molecule has 1 amide bonds. The van der Waals surface area contributed by atoms with Crippen LogP contribution >= 0.6 is 11.6 Å². The molecular formula is C18H20ClFN4O3. The highest BCUT2D eigenvalue weighted by Crippen LogP contribution is 2.20. The summed E-state index contributed by atoms with van der Waals surface area (Å²) < 4.78 is 14.4. The van der Waals surface area contributed by atoms with Crippen LogP contribution in [0.25, 0.3) is 0 Å². The van der Waals surface area contributed by atoms with E-state index in [0.717, 1.165) is 5.56 Å². The summed E-state index contributed by atoms with van der Waals surface area (Å²) in [4.78, 5) is 27.5. The van der Waals surface area contributed by atoms with Crippen LogP contribution in [-0.2, 0) is 11.3 Å². The number of hydrogen-bond donors (Lipinski definition) is 1. The first-order chi connectivity index (χ1) is 12.8. The lowest BCUT2D eigenvalue weighted by atomic mass is 10.2. The number of halogens is 2. The van der Waals surface area contributed by atoms with Gasteiger partial charge in [0.2, 0.25) is 0 Å². The van der Waals surface area contributed by atoms with E-state index < -0.39 is 12.0 Å². The molecule has 1 unspecified atom stereocenters. The summed E-state index contributed by atoms with van der Waals surface area (Å²) in [6.07, 6.45) is 2.86. The van der Waals surface area contributed by atoms with Gasteiger partial charge in [0.05, 0.1) is 11.8 Å². The van der Waals surface area contributed by atoms with Crippen molar-refractivity contribution in [3.05, 3.63) is 52.6 Å². The minimum Gasteiger partial charge on any atom is -0.480 e. The Bertz CT molecular complexity index is 849. The SMILES string of the molecule is CC(C(=O)O)n1cc(C(=O)N2CCN(Cc3ccc(F)cc3Cl)CC2)cn1. The third-order valence-electron chi connectivity index (χ3n) is 4.67. The van der Waals surface area contributed by atoms with E-state index in [1.54, 1.807) is 11.0 Å². The molecule has 0 spiro atoms. The largest absolute Gasteiger partial charge is 0.480 e. The van der Waals surface area contributed by atoms with Crippen molar-refractivity contribution in [1.82, 2.24) is 19.6 Å². The maximum atomic E-state index is 13.1. The maximum Gasteiger partial charge on any atom is 0.328 e. The van der Waals surface area contributed by atoms with Gasteiger partial charge in [-0.05, 0) is 24.6 Å². The molecule has 1 aliphatic rings. The van der Waals surface area contributed by atoms with E-state index in [2.05, 4.69) is 10.00 Å². The third-order valence-corrected chi connectivity index (χ3v) is 5.02. The van der Waals surface area contributed by atoms with Gasteiger partial charge >= 0.3 is 5.97 Å². The van der Waals surface area contributed by atoms with Gasteiger partial charge in [-0.25, -0.2) is 9.18 Å². The molecule has 1 aromatic heterocycles. The minimum absolute atomic E-state index is 0.168. The summed E-state index contributed by atoms with van der Waals surface area (Å²) in [5.41, 5.74) is 1.22. The smallest absolute Gasteiger partial charge is 0.328 e. The van der Waals surface area contributed by atoms with E-state index in [-0.39, 0.29) is 11.7 Å². The number of benzene rings is 1. The number of aliphatic carboxylic acids is 1. The van der Waals surface area contributed by atoms with Gasteiger partial charge < -0.3 is 10.0 Å². The van der Waals surface area contributed by atoms with Crippen molar-refractivity contribution in [3.63, 3.8) is 0 Å². The Kier molecular flexibility index (Phi) is 5.76. The van der Waals surface area contributed by atoms with Gasteiger partial charge in [-0.2, -0.15) is 5.10 Å². The van der Waals surface area contributed by atoms with Crippen LogP contribution in [0.4, 0.5) is 4.39 Å². The van der Waals surface area contributed by atoms with Gasteiger partial charge in [0.25, 0.3) is 5.91 Å². The number of carbonyl (C=O) groups is 2. The summed E-state index contributed by atoms with van der Waals surface area (Å²) >= 11 is 6.08. The van der Waals surface area contributed by atoms with E-state index in [1.165, 1.54) is 36.1 Å². The summed E-state index contributed by atoms with van der Waals surface area (Å²) in [7, 11) is 0. The van der Waals surface area contributed by atoms with Crippen LogP contribution in [0.2, 0.25) is 5.02 Å². The van der Waals surface area contributed by atoms with E-state index in [0.29, 0.717) is 43.3 Å². The zero-order valence-corrected chi connectivity index (χ0v) is 15.6. The molecule has 2 heterocycles. The second-order valence-electron chi connectivity index (χ2n) is 6.53. The monoisotopic (exact) mass is 394 g/mol. The standard InChI is InChI=1S/C18H20ClFN4O3/c1-12(18(26)27)24-11-14(9-21-24)17(25)23-6-4-22(5-7-23)10-13-2-3-15(20)8-16(13)19/h2-3,8-9,11-12H,4-7,10H2,1H3,(H,26,27). The van der Waals surface area contributed by atoms with Crippen LogP contribution in [0.15, 0.2) is 30.6 Å². The Hall–Kier alpha value is -2.45. The molecular weight excluding hydrogens is 375 g/mol. The van der Waals surface area contributed by atoms with Gasteiger partial charge in [-0.15, -0.1) is 0 Å². The quantitative estimate of drug-likeness (QED) is 0.841. The molecule has 0 radical (unpaired) electrons. The fourth-order valence-corrected chi connectivity index (χ4v) is 3.18. The molecule has 9 heteroatoms. The van der Waals surface area contributed by atoms with Crippen molar-refractivity contribution in [2.24, 2.45) is 0 Å². The van der Waals surface area contributed by atoms with Gasteiger partial charge in [0.15, 0.2) is 0 Å². The first-order valence-corrected chi connectivity index (χ1v) is 8.95. The maximum absolute atomic E-state index is 13.1. The van der Waals surface area contributed by atoms with E-state index in [4.69, 9.17) is 16.7 Å². The second-order valence-corrected chi connectivity index (χ2v) is 6.93. The van der Waals surface area contributed by atoms with Crippen molar-refractivity contribution in [2.45, 2.75) is 19.5 Å². The molecule has 3 rings (SSSR count). The first-order valence-electron chi connectivity index (χ1n) is 8.57. The van der Waals surface area contributed by atoms with E-state index in [9.17, 15) is 14.0 Å². The summed E-state index contributed by atoms with van der Waals surface area (Å²) in [6, 6.07) is 3.53. The first kappa shape index (κ1) is 19.3. The van der Waals surface area contributed by atoms with Crippen molar-refractivity contribution in [1.29, 1.82) is 0 Å². The summed E-state index contributed by atoms with van der Waals surface area (Å²) in [5.74, 6) is -1.54. The average molecular weight is 395 g/mol. The minimum atomic E-state index is -1.01. The highest BCUT2D eigenvalue weighted by molar-refractivity contribution is 6.31. The number of carboxylic acid groups (broad SMARTS) is 1. The topological polar surface area (TPSA) is 78.7 Å². The van der Waals surface area contributed by atoms with Crippen molar-refractivity contribution >= 4 is 23.5 Å². The van der Waals surface area contributed by atoms with Crippen LogP contribution in [0.1, 0.15) is 28.9 Å². The lowest BCUT2D eigenvalue weighted by Crippen LogP contribution is -2.48. The van der Waals surface area contributed by atoms with E-state index >= 15 is 0 Å². The van der Waals surface area contributed by atoms with Crippen LogP contribution < -0.4 is 0 Å². The zero-order chi connectivity index (χ0) is 19.6. The molecule has 0 bridgehead atoms. The Balaban J connectivity index is 1.57. The Morgan fingerprint density at radius 3 is 2.63 bits per heavy atom. The van der Waals surface area contributed by atoms with Crippen molar-refractivity contribution in [3.8, 4) is 0 Å². The van der Waals surface area contributed by atoms with Crippen LogP contribution in [0.3, 0.4) is 0 Å². The highest BCUT2D eigenvalue weighted by Gasteiger charge is 2.24. The average Bonchev–Trinajstić information content (AvgIpc) is 3.13. The molecule has 2 aromatic rings. The number of nitrogens with zero attached hydrogens (tertiary/aromatic N) is 4. The Labute approximate surface area is 160 Å². The molecule has 1 aromatic carbocycles. The zero-order valence-electron chi connectivity index (χ0n) is 14.8. The van der Waals surface area contributed by atoms with Crippen LogP contribution in [0.5, 0.6) is 0 Å². The number of carboxylic acids is 1. The predicted octanol–water partition coefficient (Wildman–Crippen LogP) is 2.28. The van der Waals surface area contributed by atoms with Gasteiger partial charge in [0, 0.05) is 43.9 Å². The highest BCUT2D eigenvalue weighted by atomic mass is 35.5. The molecule has 0 saturated carbocycles. The van der Waals surface area contributed by atoms with Crippen LogP contribution in [0, 0.1) is 5.82 Å². The van der Waals surface area contributed by atoms with Crippen LogP contribution in [-0.4, -0.2) is 62.7 Å². The molecule has 1 fully saturated rings. The van der Waals surface area contributed by atoms with Crippen molar-refractivity contribution in [2.75, 3.05) is 26.2 Å². The normalized spacial score (nSPS) is 16.3. The van der Waals surface area contributed by atoms with Gasteiger partial charge in [-0.1, -0.05) is 17.7 Å². The molecule has 1 N–H and O–H groups in total. The molecule has 1 saturated heterocycles.